The van der Waals surface area contributed by atoms with Crippen molar-refractivity contribution >= 4 is 11.8 Å². The van der Waals surface area contributed by atoms with Crippen molar-refractivity contribution in [1.29, 1.82) is 0 Å². The molecule has 154 valence electrons. The van der Waals surface area contributed by atoms with Gasteiger partial charge in [0.05, 0.1) is 11.1 Å². The molecule has 5 heteroatoms. The molecule has 0 spiro atoms. The molecule has 0 unspecified atom stereocenters. The Kier molecular flexibility index (Phi) is 14.4. The third-order valence-electron chi connectivity index (χ3n) is 4.79. The first-order valence-corrected chi connectivity index (χ1v) is 10.3. The minimum atomic E-state index is -0.282. The van der Waals surface area contributed by atoms with Crippen molar-refractivity contribution in [3.63, 3.8) is 0 Å². The lowest BCUT2D eigenvalue weighted by Crippen LogP contribution is -2.20. The molecular weight excluding hydrogens is 338 g/mol. The molecule has 1 heterocycles. The van der Waals surface area contributed by atoms with Gasteiger partial charge in [-0.15, -0.1) is 0 Å². The van der Waals surface area contributed by atoms with Gasteiger partial charge < -0.3 is 11.9 Å². The van der Waals surface area contributed by atoms with Gasteiger partial charge in [0.15, 0.2) is 0 Å². The van der Waals surface area contributed by atoms with Gasteiger partial charge in [-0.2, -0.15) is 0 Å². The van der Waals surface area contributed by atoms with Crippen molar-refractivity contribution in [2.75, 3.05) is 6.54 Å². The second-order valence-electron chi connectivity index (χ2n) is 6.95. The van der Waals surface area contributed by atoms with Gasteiger partial charge in [-0.25, -0.2) is 0 Å². The Morgan fingerprint density at radius 3 is 1.89 bits per heavy atom. The SMILES string of the molecule is CCCCCCCCCCCCN.CCc1cccc2c1C(=O)NC2=O.N. The first kappa shape index (κ1) is 25.3. The smallest absolute Gasteiger partial charge is 0.259 e. The van der Waals surface area contributed by atoms with E-state index in [1.54, 1.807) is 12.1 Å². The van der Waals surface area contributed by atoms with E-state index in [9.17, 15) is 9.59 Å². The molecule has 0 saturated carbocycles. The summed E-state index contributed by atoms with van der Waals surface area (Å²) in [6.45, 7) is 5.11. The molecule has 0 aromatic heterocycles. The number of rotatable bonds is 11. The fourth-order valence-corrected chi connectivity index (χ4v) is 3.22. The number of unbranched alkanes of at least 4 members (excludes halogenated alkanes) is 9. The van der Waals surface area contributed by atoms with Crippen LogP contribution >= 0.6 is 0 Å². The van der Waals surface area contributed by atoms with Crippen molar-refractivity contribution in [2.45, 2.75) is 84.5 Å². The van der Waals surface area contributed by atoms with E-state index in [-0.39, 0.29) is 18.0 Å². The number of hydrogen-bond acceptors (Lipinski definition) is 4. The molecule has 0 radical (unpaired) electrons. The molecule has 0 atom stereocenters. The number of nitrogens with one attached hydrogen (secondary N) is 1. The Bertz CT molecular complexity index is 548. The third-order valence-corrected chi connectivity index (χ3v) is 4.79. The van der Waals surface area contributed by atoms with Crippen LogP contribution in [0.5, 0.6) is 0 Å². The summed E-state index contributed by atoms with van der Waals surface area (Å²) < 4.78 is 0. The van der Waals surface area contributed by atoms with Crippen LogP contribution in [0, 0.1) is 0 Å². The lowest BCUT2D eigenvalue weighted by Gasteiger charge is -2.00. The number of amides is 2. The molecule has 1 aromatic rings. The van der Waals surface area contributed by atoms with Gasteiger partial charge in [0, 0.05) is 0 Å². The lowest BCUT2D eigenvalue weighted by atomic mass is 10.0. The summed E-state index contributed by atoms with van der Waals surface area (Å²) in [5.74, 6) is -0.548. The van der Waals surface area contributed by atoms with E-state index in [1.165, 1.54) is 64.2 Å². The highest BCUT2D eigenvalue weighted by atomic mass is 16.2. The standard InChI is InChI=1S/C12H27N.C10H9NO2.H3N/c1-2-3-4-5-6-7-8-9-10-11-12-13;1-2-6-4-3-5-7-8(6)10(13)11-9(7)12;/h2-13H2,1H3;3-5H,2H2,1H3,(H,11,12,13);1H3. The number of imide groups is 1. The maximum absolute atomic E-state index is 11.3. The maximum Gasteiger partial charge on any atom is 0.259 e. The van der Waals surface area contributed by atoms with Crippen LogP contribution in [0.25, 0.3) is 0 Å². The molecular formula is C22H39N3O2. The summed E-state index contributed by atoms with van der Waals surface area (Å²) in [5, 5.41) is 2.28. The van der Waals surface area contributed by atoms with Crippen molar-refractivity contribution in [2.24, 2.45) is 5.73 Å². The number of carbonyl (C=O) groups is 2. The quantitative estimate of drug-likeness (QED) is 0.365. The molecule has 0 aliphatic carbocycles. The van der Waals surface area contributed by atoms with Crippen LogP contribution < -0.4 is 17.2 Å². The van der Waals surface area contributed by atoms with Gasteiger partial charge in [-0.3, -0.25) is 14.9 Å². The first-order valence-electron chi connectivity index (χ1n) is 10.3. The van der Waals surface area contributed by atoms with Gasteiger partial charge in [0.2, 0.25) is 0 Å². The van der Waals surface area contributed by atoms with E-state index in [0.29, 0.717) is 11.1 Å². The summed E-state index contributed by atoms with van der Waals surface area (Å²) in [6.07, 6.45) is 14.7. The number of aryl methyl sites for hydroxylation is 1. The first-order chi connectivity index (χ1) is 12.7. The Balaban J connectivity index is 0.000000483. The summed E-state index contributed by atoms with van der Waals surface area (Å²) in [5.41, 5.74) is 7.41. The Labute approximate surface area is 165 Å². The topological polar surface area (TPSA) is 107 Å². The minimum Gasteiger partial charge on any atom is -0.344 e. The molecule has 2 rings (SSSR count). The molecule has 1 aliphatic rings. The van der Waals surface area contributed by atoms with Crippen LogP contribution in [0.15, 0.2) is 18.2 Å². The van der Waals surface area contributed by atoms with Crippen LogP contribution in [0.2, 0.25) is 0 Å². The van der Waals surface area contributed by atoms with Crippen LogP contribution in [-0.4, -0.2) is 18.4 Å². The molecule has 0 saturated heterocycles. The Hall–Kier alpha value is -1.72. The Morgan fingerprint density at radius 2 is 1.37 bits per heavy atom. The molecule has 0 bridgehead atoms. The number of hydrogen-bond donors (Lipinski definition) is 3. The largest absolute Gasteiger partial charge is 0.344 e. The van der Waals surface area contributed by atoms with E-state index in [2.05, 4.69) is 12.2 Å². The normalized spacial score (nSPS) is 12.0. The predicted octanol–water partition coefficient (Wildman–Crippen LogP) is 5.16. The fourth-order valence-electron chi connectivity index (χ4n) is 3.22. The second kappa shape index (κ2) is 15.3. The summed E-state index contributed by atoms with van der Waals surface area (Å²) in [7, 11) is 0. The lowest BCUT2D eigenvalue weighted by molar-refractivity contribution is 0.0879. The van der Waals surface area contributed by atoms with E-state index >= 15 is 0 Å². The van der Waals surface area contributed by atoms with Crippen molar-refractivity contribution in [3.8, 4) is 0 Å². The molecule has 1 aliphatic heterocycles. The minimum absolute atomic E-state index is 0. The van der Waals surface area contributed by atoms with Crippen molar-refractivity contribution in [3.05, 3.63) is 34.9 Å². The zero-order valence-electron chi connectivity index (χ0n) is 17.3. The van der Waals surface area contributed by atoms with Crippen LogP contribution in [0.3, 0.4) is 0 Å². The third kappa shape index (κ3) is 9.16. The highest BCUT2D eigenvalue weighted by Gasteiger charge is 2.28. The van der Waals surface area contributed by atoms with E-state index in [4.69, 9.17) is 5.73 Å². The monoisotopic (exact) mass is 377 g/mol. The number of fused-ring (bicyclic) bond motifs is 1. The van der Waals surface area contributed by atoms with Gasteiger partial charge in [0.1, 0.15) is 0 Å². The average molecular weight is 378 g/mol. The van der Waals surface area contributed by atoms with Crippen molar-refractivity contribution in [1.82, 2.24) is 11.5 Å². The number of benzene rings is 1. The highest BCUT2D eigenvalue weighted by Crippen LogP contribution is 2.20. The molecule has 0 fully saturated rings. The predicted molar refractivity (Wildman–Crippen MR) is 114 cm³/mol. The van der Waals surface area contributed by atoms with E-state index in [0.717, 1.165) is 18.5 Å². The van der Waals surface area contributed by atoms with Crippen LogP contribution in [-0.2, 0) is 6.42 Å². The maximum atomic E-state index is 11.3. The van der Waals surface area contributed by atoms with E-state index in [1.807, 2.05) is 13.0 Å². The summed E-state index contributed by atoms with van der Waals surface area (Å²) >= 11 is 0. The molecule has 27 heavy (non-hydrogen) atoms. The average Bonchev–Trinajstić information content (AvgIpc) is 2.95. The van der Waals surface area contributed by atoms with E-state index < -0.39 is 0 Å². The van der Waals surface area contributed by atoms with Gasteiger partial charge >= 0.3 is 0 Å². The van der Waals surface area contributed by atoms with Crippen molar-refractivity contribution < 1.29 is 9.59 Å². The van der Waals surface area contributed by atoms with Gasteiger partial charge in [-0.1, -0.05) is 83.8 Å². The van der Waals surface area contributed by atoms with Crippen LogP contribution in [0.4, 0.5) is 0 Å². The van der Waals surface area contributed by atoms with Gasteiger partial charge in [-0.05, 0) is 31.0 Å². The summed E-state index contributed by atoms with van der Waals surface area (Å²) in [6, 6.07) is 5.35. The zero-order chi connectivity index (χ0) is 19.2. The number of carbonyl (C=O) groups excluding carboxylic acids is 2. The fraction of sp³-hybridized carbons (Fsp3) is 0.636. The zero-order valence-corrected chi connectivity index (χ0v) is 17.3. The molecule has 1 aromatic carbocycles. The van der Waals surface area contributed by atoms with Crippen LogP contribution in [0.1, 0.15) is 104 Å². The number of nitrogens with two attached hydrogens (primary N) is 1. The Morgan fingerprint density at radius 1 is 0.815 bits per heavy atom. The second-order valence-corrected chi connectivity index (χ2v) is 6.95. The molecule has 2 amide bonds. The molecule has 6 N–H and O–H groups in total. The highest BCUT2D eigenvalue weighted by molar-refractivity contribution is 6.22. The van der Waals surface area contributed by atoms with Gasteiger partial charge in [0.25, 0.3) is 11.8 Å². The molecule has 5 nitrogen and oxygen atoms in total. The summed E-state index contributed by atoms with van der Waals surface area (Å²) in [4.78, 5) is 22.5.